The van der Waals surface area contributed by atoms with E-state index in [9.17, 15) is 8.78 Å². The van der Waals surface area contributed by atoms with Gasteiger partial charge < -0.3 is 0 Å². The number of unbranched alkanes of at least 4 members (excludes halogenated alkanes) is 1. The number of halogens is 2. The predicted molar refractivity (Wildman–Crippen MR) is 106 cm³/mol. The van der Waals surface area contributed by atoms with Crippen LogP contribution in [0.2, 0.25) is 0 Å². The predicted octanol–water partition coefficient (Wildman–Crippen LogP) is 6.28. The van der Waals surface area contributed by atoms with Gasteiger partial charge in [0.1, 0.15) is 0 Å². The maximum atomic E-state index is 13.3. The second-order valence-corrected chi connectivity index (χ2v) is 7.02. The summed E-state index contributed by atoms with van der Waals surface area (Å²) in [5, 5.41) is 0. The molecule has 0 heterocycles. The van der Waals surface area contributed by atoms with E-state index >= 15 is 0 Å². The Kier molecular flexibility index (Phi) is 4.77. The van der Waals surface area contributed by atoms with Crippen molar-refractivity contribution in [3.05, 3.63) is 94.0 Å². The van der Waals surface area contributed by atoms with Crippen molar-refractivity contribution in [1.82, 2.24) is 0 Å². The van der Waals surface area contributed by atoms with Gasteiger partial charge in [-0.15, -0.1) is 0 Å². The van der Waals surface area contributed by atoms with Crippen molar-refractivity contribution < 1.29 is 8.78 Å². The summed E-state index contributed by atoms with van der Waals surface area (Å²) in [5.41, 5.74) is 7.99. The molecule has 0 N–H and O–H groups in total. The summed E-state index contributed by atoms with van der Waals surface area (Å²) in [6.07, 6.45) is 4.48. The van der Waals surface area contributed by atoms with Crippen LogP contribution in [0.4, 0.5) is 8.78 Å². The van der Waals surface area contributed by atoms with Crippen molar-refractivity contribution in [3.8, 4) is 23.0 Å². The summed E-state index contributed by atoms with van der Waals surface area (Å²) in [6.45, 7) is 2.21. The highest BCUT2D eigenvalue weighted by Gasteiger charge is 2.18. The van der Waals surface area contributed by atoms with Crippen LogP contribution in [0, 0.1) is 23.5 Å². The molecule has 0 fully saturated rings. The monoisotopic (exact) mass is 358 g/mol. The van der Waals surface area contributed by atoms with Gasteiger partial charge in [-0.25, -0.2) is 8.78 Å². The number of benzene rings is 3. The van der Waals surface area contributed by atoms with Gasteiger partial charge in [0.15, 0.2) is 11.6 Å². The molecule has 0 amide bonds. The smallest absolute Gasteiger partial charge is 0.160 e. The summed E-state index contributed by atoms with van der Waals surface area (Å²) < 4.78 is 26.3. The zero-order chi connectivity index (χ0) is 18.8. The molecule has 0 aromatic heterocycles. The summed E-state index contributed by atoms with van der Waals surface area (Å²) in [4.78, 5) is 0. The molecule has 4 rings (SSSR count). The van der Waals surface area contributed by atoms with Crippen LogP contribution in [-0.2, 0) is 12.8 Å². The van der Waals surface area contributed by atoms with E-state index in [-0.39, 0.29) is 0 Å². The number of rotatable bonds is 3. The van der Waals surface area contributed by atoms with E-state index in [1.165, 1.54) is 46.7 Å². The van der Waals surface area contributed by atoms with E-state index < -0.39 is 11.6 Å². The molecule has 0 saturated heterocycles. The van der Waals surface area contributed by atoms with Crippen LogP contribution >= 0.6 is 0 Å². The maximum absolute atomic E-state index is 13.3. The molecule has 0 aliphatic heterocycles. The Hall–Kier alpha value is -2.92. The third kappa shape index (κ3) is 3.64. The molecule has 2 heteroatoms. The van der Waals surface area contributed by atoms with Crippen molar-refractivity contribution >= 4 is 0 Å². The Balaban J connectivity index is 1.58. The first-order valence-corrected chi connectivity index (χ1v) is 9.36. The van der Waals surface area contributed by atoms with Gasteiger partial charge in [-0.3, -0.25) is 0 Å². The van der Waals surface area contributed by atoms with Crippen LogP contribution in [0.15, 0.2) is 54.6 Å². The van der Waals surface area contributed by atoms with Crippen LogP contribution < -0.4 is 0 Å². The highest BCUT2D eigenvalue weighted by atomic mass is 19.2. The second kappa shape index (κ2) is 7.37. The van der Waals surface area contributed by atoms with Crippen molar-refractivity contribution in [1.29, 1.82) is 0 Å². The largest absolute Gasteiger partial charge is 0.204 e. The van der Waals surface area contributed by atoms with Crippen LogP contribution in [0.5, 0.6) is 0 Å². The minimum absolute atomic E-state index is 0.471. The van der Waals surface area contributed by atoms with Gasteiger partial charge in [0.25, 0.3) is 0 Å². The Labute approximate surface area is 158 Å². The Morgan fingerprint density at radius 2 is 1.44 bits per heavy atom. The van der Waals surface area contributed by atoms with Gasteiger partial charge in [0.2, 0.25) is 0 Å². The molecule has 3 aromatic rings. The lowest BCUT2D eigenvalue weighted by Gasteiger charge is -2.04. The first-order valence-electron chi connectivity index (χ1n) is 9.36. The number of hydrogen-bond donors (Lipinski definition) is 0. The fourth-order valence-electron chi connectivity index (χ4n) is 3.60. The van der Waals surface area contributed by atoms with E-state index in [0.717, 1.165) is 30.5 Å². The Morgan fingerprint density at radius 1 is 0.778 bits per heavy atom. The van der Waals surface area contributed by atoms with Crippen molar-refractivity contribution in [2.45, 2.75) is 32.6 Å². The van der Waals surface area contributed by atoms with Gasteiger partial charge in [-0.2, -0.15) is 0 Å². The zero-order valence-electron chi connectivity index (χ0n) is 15.3. The number of hydrogen-bond acceptors (Lipinski definition) is 0. The highest BCUT2D eigenvalue weighted by Crippen LogP contribution is 2.37. The van der Waals surface area contributed by atoms with Crippen LogP contribution in [0.1, 0.15) is 47.6 Å². The Bertz CT molecular complexity index is 1070. The third-order valence-corrected chi connectivity index (χ3v) is 5.04. The molecule has 0 spiro atoms. The average molecular weight is 358 g/mol. The number of aryl methyl sites for hydroxylation is 1. The molecular weight excluding hydrogens is 338 g/mol. The van der Waals surface area contributed by atoms with Gasteiger partial charge in [-0.1, -0.05) is 49.5 Å². The molecule has 134 valence electrons. The van der Waals surface area contributed by atoms with E-state index in [2.05, 4.69) is 49.1 Å². The molecule has 1 aliphatic carbocycles. The molecule has 0 radical (unpaired) electrons. The maximum Gasteiger partial charge on any atom is 0.160 e. The third-order valence-electron chi connectivity index (χ3n) is 5.04. The molecule has 1 aliphatic rings. The van der Waals surface area contributed by atoms with Crippen molar-refractivity contribution in [2.24, 2.45) is 0 Å². The first-order chi connectivity index (χ1) is 13.1. The van der Waals surface area contributed by atoms with Gasteiger partial charge in [0.05, 0.1) is 0 Å². The lowest BCUT2D eigenvalue weighted by Crippen LogP contribution is -1.88. The minimum Gasteiger partial charge on any atom is -0.204 e. The van der Waals surface area contributed by atoms with Gasteiger partial charge in [-0.05, 0) is 77.4 Å². The normalized spacial score (nSPS) is 11.5. The topological polar surface area (TPSA) is 0 Å². The molecule has 0 atom stereocenters. The molecule has 0 saturated carbocycles. The number of fused-ring (bicyclic) bond motifs is 3. The van der Waals surface area contributed by atoms with E-state index in [0.29, 0.717) is 5.56 Å². The van der Waals surface area contributed by atoms with Crippen molar-refractivity contribution in [3.63, 3.8) is 0 Å². The standard InChI is InChI=1S/C25H20F2/c1-2-3-4-17-7-10-22-20(13-17)16-21-14-18(8-11-23(21)22)5-6-19-9-12-24(26)25(27)15-19/h7-15H,2-4,16H2,1H3. The molecule has 3 aromatic carbocycles. The first kappa shape index (κ1) is 17.5. The quantitative estimate of drug-likeness (QED) is 0.378. The fraction of sp³-hybridized carbons (Fsp3) is 0.200. The molecule has 0 bridgehead atoms. The molecular formula is C25H20F2. The van der Waals surface area contributed by atoms with E-state index in [1.807, 2.05) is 6.07 Å². The van der Waals surface area contributed by atoms with Gasteiger partial charge in [0, 0.05) is 11.1 Å². The Morgan fingerprint density at radius 3 is 2.19 bits per heavy atom. The molecule has 27 heavy (non-hydrogen) atoms. The summed E-state index contributed by atoms with van der Waals surface area (Å²) >= 11 is 0. The van der Waals surface area contributed by atoms with Crippen LogP contribution in [0.25, 0.3) is 11.1 Å². The van der Waals surface area contributed by atoms with E-state index in [1.54, 1.807) is 0 Å². The fourth-order valence-corrected chi connectivity index (χ4v) is 3.60. The van der Waals surface area contributed by atoms with Crippen LogP contribution in [0.3, 0.4) is 0 Å². The summed E-state index contributed by atoms with van der Waals surface area (Å²) in [6, 6.07) is 16.7. The van der Waals surface area contributed by atoms with E-state index in [4.69, 9.17) is 0 Å². The lowest BCUT2D eigenvalue weighted by molar-refractivity contribution is 0.508. The zero-order valence-corrected chi connectivity index (χ0v) is 15.3. The van der Waals surface area contributed by atoms with Crippen LogP contribution in [-0.4, -0.2) is 0 Å². The molecule has 0 unspecified atom stereocenters. The van der Waals surface area contributed by atoms with Crippen molar-refractivity contribution in [2.75, 3.05) is 0 Å². The lowest BCUT2D eigenvalue weighted by atomic mass is 10.0. The minimum atomic E-state index is -0.870. The molecule has 0 nitrogen and oxygen atoms in total. The SMILES string of the molecule is CCCCc1ccc2c(c1)Cc1cc(C#Cc3ccc(F)c(F)c3)ccc1-2. The summed E-state index contributed by atoms with van der Waals surface area (Å²) in [7, 11) is 0. The van der Waals surface area contributed by atoms with Gasteiger partial charge >= 0.3 is 0 Å². The highest BCUT2D eigenvalue weighted by molar-refractivity contribution is 5.77. The summed E-state index contributed by atoms with van der Waals surface area (Å²) in [5.74, 6) is 4.26. The average Bonchev–Trinajstić information content (AvgIpc) is 3.04. The second-order valence-electron chi connectivity index (χ2n) is 7.02.